The van der Waals surface area contributed by atoms with E-state index in [1.807, 2.05) is 6.07 Å². The van der Waals surface area contributed by atoms with Gasteiger partial charge in [0.25, 0.3) is 0 Å². The SMILES string of the molecule is COc1ccc(OCCC(=O)N[C@H](CN2CCOCC2)[C@H](O)c2ccc3c(c2)OCCO3)cc1. The van der Waals surface area contributed by atoms with Crippen molar-refractivity contribution in [1.82, 2.24) is 10.2 Å². The molecule has 0 spiro atoms. The second kappa shape index (κ2) is 11.9. The highest BCUT2D eigenvalue weighted by Crippen LogP contribution is 2.33. The minimum atomic E-state index is -0.912. The molecule has 0 saturated carbocycles. The summed E-state index contributed by atoms with van der Waals surface area (Å²) in [4.78, 5) is 14.9. The molecule has 1 fully saturated rings. The summed E-state index contributed by atoms with van der Waals surface area (Å²) in [7, 11) is 1.60. The summed E-state index contributed by atoms with van der Waals surface area (Å²) in [5.41, 5.74) is 0.664. The van der Waals surface area contributed by atoms with Gasteiger partial charge in [-0.05, 0) is 42.0 Å². The molecule has 2 atom stereocenters. The van der Waals surface area contributed by atoms with E-state index < -0.39 is 12.1 Å². The smallest absolute Gasteiger partial charge is 0.223 e. The van der Waals surface area contributed by atoms with Crippen molar-refractivity contribution in [3.05, 3.63) is 48.0 Å². The minimum Gasteiger partial charge on any atom is -0.497 e. The van der Waals surface area contributed by atoms with Gasteiger partial charge in [0.15, 0.2) is 11.5 Å². The van der Waals surface area contributed by atoms with Gasteiger partial charge in [-0.2, -0.15) is 0 Å². The van der Waals surface area contributed by atoms with Crippen LogP contribution in [0.4, 0.5) is 0 Å². The molecule has 0 bridgehead atoms. The Labute approximate surface area is 199 Å². The Hall–Kier alpha value is -3.01. The van der Waals surface area contributed by atoms with Gasteiger partial charge in [-0.3, -0.25) is 9.69 Å². The standard InChI is InChI=1S/C25H32N2O7/c1-30-19-3-5-20(6-4-19)32-11-8-24(28)26-21(17-27-9-12-31-13-10-27)25(29)18-2-7-22-23(16-18)34-15-14-33-22/h2-7,16,21,25,29H,8-15,17H2,1H3,(H,26,28)/t21-,25-/m1/s1. The van der Waals surface area contributed by atoms with Gasteiger partial charge in [-0.15, -0.1) is 0 Å². The fraction of sp³-hybridized carbons (Fsp3) is 0.480. The van der Waals surface area contributed by atoms with Crippen LogP contribution in [0.25, 0.3) is 0 Å². The van der Waals surface area contributed by atoms with Crippen LogP contribution in [0.15, 0.2) is 42.5 Å². The molecule has 0 aliphatic carbocycles. The number of amides is 1. The second-order valence-corrected chi connectivity index (χ2v) is 8.21. The normalized spacial score (nSPS) is 17.5. The summed E-state index contributed by atoms with van der Waals surface area (Å²) in [6, 6.07) is 12.1. The third kappa shape index (κ3) is 6.53. The van der Waals surface area contributed by atoms with Gasteiger partial charge in [0.2, 0.25) is 5.91 Å². The van der Waals surface area contributed by atoms with Gasteiger partial charge in [0.05, 0.1) is 39.4 Å². The molecule has 184 valence electrons. The summed E-state index contributed by atoms with van der Waals surface area (Å²) >= 11 is 0. The first-order chi connectivity index (χ1) is 16.6. The van der Waals surface area contributed by atoms with Crippen molar-refractivity contribution in [2.75, 3.05) is 59.8 Å². The molecule has 34 heavy (non-hydrogen) atoms. The molecule has 2 N–H and O–H groups in total. The van der Waals surface area contributed by atoms with Crippen molar-refractivity contribution in [3.63, 3.8) is 0 Å². The van der Waals surface area contributed by atoms with E-state index in [0.717, 1.165) is 18.8 Å². The van der Waals surface area contributed by atoms with Gasteiger partial charge < -0.3 is 34.1 Å². The van der Waals surface area contributed by atoms with E-state index in [4.69, 9.17) is 23.7 Å². The van der Waals surface area contributed by atoms with E-state index in [9.17, 15) is 9.90 Å². The molecule has 1 amide bonds. The molecule has 2 aromatic carbocycles. The summed E-state index contributed by atoms with van der Waals surface area (Å²) in [5.74, 6) is 2.47. The van der Waals surface area contributed by atoms with Crippen molar-refractivity contribution in [1.29, 1.82) is 0 Å². The van der Waals surface area contributed by atoms with E-state index in [2.05, 4.69) is 10.2 Å². The third-order valence-corrected chi connectivity index (χ3v) is 5.85. The van der Waals surface area contributed by atoms with Crippen LogP contribution < -0.4 is 24.3 Å². The lowest BCUT2D eigenvalue weighted by molar-refractivity contribution is -0.123. The Bertz CT molecular complexity index is 931. The lowest BCUT2D eigenvalue weighted by atomic mass is 10.0. The third-order valence-electron chi connectivity index (χ3n) is 5.85. The topological polar surface area (TPSA) is 98.7 Å². The molecule has 2 aliphatic heterocycles. The summed E-state index contributed by atoms with van der Waals surface area (Å²) < 4.78 is 27.5. The van der Waals surface area contributed by atoms with E-state index in [-0.39, 0.29) is 18.9 Å². The predicted molar refractivity (Wildman–Crippen MR) is 125 cm³/mol. The number of nitrogens with one attached hydrogen (secondary N) is 1. The van der Waals surface area contributed by atoms with E-state index >= 15 is 0 Å². The molecule has 2 aromatic rings. The minimum absolute atomic E-state index is 0.166. The number of aliphatic hydroxyl groups is 1. The summed E-state index contributed by atoms with van der Waals surface area (Å²) in [5, 5.41) is 14.2. The number of hydrogen-bond acceptors (Lipinski definition) is 8. The summed E-state index contributed by atoms with van der Waals surface area (Å²) in [6.45, 7) is 4.47. The van der Waals surface area contributed by atoms with Crippen LogP contribution in [0.3, 0.4) is 0 Å². The van der Waals surface area contributed by atoms with Crippen molar-refractivity contribution in [2.24, 2.45) is 0 Å². The Morgan fingerprint density at radius 3 is 2.47 bits per heavy atom. The zero-order chi connectivity index (χ0) is 23.8. The number of carbonyl (C=O) groups excluding carboxylic acids is 1. The second-order valence-electron chi connectivity index (χ2n) is 8.21. The largest absolute Gasteiger partial charge is 0.497 e. The average molecular weight is 473 g/mol. The lowest BCUT2D eigenvalue weighted by Crippen LogP contribution is -2.50. The quantitative estimate of drug-likeness (QED) is 0.540. The predicted octanol–water partition coefficient (Wildman–Crippen LogP) is 1.79. The zero-order valence-electron chi connectivity index (χ0n) is 19.4. The first-order valence-electron chi connectivity index (χ1n) is 11.6. The number of benzene rings is 2. The summed E-state index contributed by atoms with van der Waals surface area (Å²) in [6.07, 6.45) is -0.746. The van der Waals surface area contributed by atoms with Crippen LogP contribution in [-0.4, -0.2) is 81.7 Å². The molecule has 9 heteroatoms. The van der Waals surface area contributed by atoms with Crippen molar-refractivity contribution in [2.45, 2.75) is 18.6 Å². The molecule has 9 nitrogen and oxygen atoms in total. The molecule has 0 unspecified atom stereocenters. The number of morpholine rings is 1. The molecule has 1 saturated heterocycles. The number of nitrogens with zero attached hydrogens (tertiary/aromatic N) is 1. The first kappa shape index (κ1) is 24.1. The highest BCUT2D eigenvalue weighted by atomic mass is 16.6. The van der Waals surface area contributed by atoms with E-state index in [1.165, 1.54) is 0 Å². The molecule has 0 aromatic heterocycles. The number of aliphatic hydroxyl groups excluding tert-OH is 1. The lowest BCUT2D eigenvalue weighted by Gasteiger charge is -2.33. The monoisotopic (exact) mass is 472 g/mol. The van der Waals surface area contributed by atoms with Crippen LogP contribution in [0.1, 0.15) is 18.1 Å². The van der Waals surface area contributed by atoms with Crippen molar-refractivity contribution < 1.29 is 33.6 Å². The number of carbonyl (C=O) groups is 1. The number of rotatable bonds is 10. The maximum Gasteiger partial charge on any atom is 0.223 e. The average Bonchev–Trinajstić information content (AvgIpc) is 2.88. The van der Waals surface area contributed by atoms with E-state index in [1.54, 1.807) is 43.5 Å². The van der Waals surface area contributed by atoms with Gasteiger partial charge in [-0.1, -0.05) is 6.07 Å². The van der Waals surface area contributed by atoms with Crippen LogP contribution in [0, 0.1) is 0 Å². The number of ether oxygens (including phenoxy) is 5. The molecule has 0 radical (unpaired) electrons. The van der Waals surface area contributed by atoms with Gasteiger partial charge >= 0.3 is 0 Å². The van der Waals surface area contributed by atoms with Crippen LogP contribution in [0.2, 0.25) is 0 Å². The van der Waals surface area contributed by atoms with E-state index in [0.29, 0.717) is 55.8 Å². The van der Waals surface area contributed by atoms with Gasteiger partial charge in [0, 0.05) is 19.6 Å². The Morgan fingerprint density at radius 2 is 1.74 bits per heavy atom. The highest BCUT2D eigenvalue weighted by Gasteiger charge is 2.27. The van der Waals surface area contributed by atoms with Crippen LogP contribution in [0.5, 0.6) is 23.0 Å². The number of methoxy groups -OCH3 is 1. The Kier molecular flexibility index (Phi) is 8.46. The molecule has 2 aliphatic rings. The van der Waals surface area contributed by atoms with Gasteiger partial charge in [-0.25, -0.2) is 0 Å². The van der Waals surface area contributed by atoms with Gasteiger partial charge in [0.1, 0.15) is 30.8 Å². The zero-order valence-corrected chi connectivity index (χ0v) is 19.4. The molecular formula is C25H32N2O7. The maximum absolute atomic E-state index is 12.7. The molecule has 4 rings (SSSR count). The number of fused-ring (bicyclic) bond motifs is 1. The molecule has 2 heterocycles. The molecular weight excluding hydrogens is 440 g/mol. The highest BCUT2D eigenvalue weighted by molar-refractivity contribution is 5.76. The van der Waals surface area contributed by atoms with Crippen molar-refractivity contribution in [3.8, 4) is 23.0 Å². The Balaban J connectivity index is 1.37. The number of hydrogen-bond donors (Lipinski definition) is 2. The van der Waals surface area contributed by atoms with Crippen LogP contribution >= 0.6 is 0 Å². The maximum atomic E-state index is 12.7. The first-order valence-corrected chi connectivity index (χ1v) is 11.6. The van der Waals surface area contributed by atoms with Crippen LogP contribution in [-0.2, 0) is 9.53 Å². The van der Waals surface area contributed by atoms with Crippen molar-refractivity contribution >= 4 is 5.91 Å². The fourth-order valence-electron chi connectivity index (χ4n) is 3.98. The fourth-order valence-corrected chi connectivity index (χ4v) is 3.98. The Morgan fingerprint density at radius 1 is 1.03 bits per heavy atom.